The monoisotopic (exact) mass is 213 g/mol. The molecule has 1 rings (SSSR count). The first-order valence-electron chi connectivity index (χ1n) is 3.03. The molecule has 0 fully saturated rings. The second-order valence-corrected chi connectivity index (χ2v) is 2.96. The lowest BCUT2D eigenvalue weighted by molar-refractivity contribution is 0.627. The maximum atomic E-state index is 12.4. The summed E-state index contributed by atoms with van der Waals surface area (Å²) in [4.78, 5) is -0.344. The Morgan fingerprint density at radius 1 is 1.36 bits per heavy atom. The molecular formula is C8H5BrFN. The van der Waals surface area contributed by atoms with Gasteiger partial charge in [-0.15, -0.1) is 0 Å². The van der Waals surface area contributed by atoms with Crippen LogP contribution in [0.4, 0.5) is 4.39 Å². The van der Waals surface area contributed by atoms with Crippen LogP contribution in [0.1, 0.15) is 10.4 Å². The number of halogens is 2. The number of benzene rings is 1. The van der Waals surface area contributed by atoms with Crippen LogP contribution in [-0.2, 0) is 0 Å². The van der Waals surface area contributed by atoms with Crippen molar-refractivity contribution in [2.75, 3.05) is 0 Å². The Morgan fingerprint density at radius 2 is 1.91 bits per heavy atom. The van der Waals surface area contributed by atoms with Gasteiger partial charge in [-0.05, 0) is 17.7 Å². The lowest BCUT2D eigenvalue weighted by Crippen LogP contribution is -1.84. The molecule has 1 nitrogen and oxygen atoms in total. The third-order valence-corrected chi connectivity index (χ3v) is 2.01. The van der Waals surface area contributed by atoms with Crippen LogP contribution in [0.15, 0.2) is 24.3 Å². The van der Waals surface area contributed by atoms with Crippen molar-refractivity contribution in [3.63, 3.8) is 0 Å². The summed E-state index contributed by atoms with van der Waals surface area (Å²) in [5.74, 6) is -0.286. The van der Waals surface area contributed by atoms with Crippen LogP contribution in [0.25, 0.3) is 0 Å². The number of alkyl halides is 1. The summed E-state index contributed by atoms with van der Waals surface area (Å²) in [6.07, 6.45) is 0. The Kier molecular flexibility index (Phi) is 2.61. The van der Waals surface area contributed by atoms with E-state index in [2.05, 4.69) is 15.9 Å². The Bertz CT molecular complexity index is 275. The van der Waals surface area contributed by atoms with Crippen molar-refractivity contribution in [1.29, 1.82) is 5.26 Å². The van der Waals surface area contributed by atoms with Crippen LogP contribution in [0.3, 0.4) is 0 Å². The summed E-state index contributed by atoms with van der Waals surface area (Å²) < 4.78 is 12.4. The average molecular weight is 214 g/mol. The molecule has 0 aliphatic heterocycles. The smallest absolute Gasteiger partial charge is 0.126 e. The van der Waals surface area contributed by atoms with E-state index >= 15 is 0 Å². The van der Waals surface area contributed by atoms with Gasteiger partial charge in [0.1, 0.15) is 10.6 Å². The molecule has 0 spiro atoms. The van der Waals surface area contributed by atoms with Crippen LogP contribution < -0.4 is 0 Å². The number of nitrogens with zero attached hydrogens (tertiary/aromatic N) is 1. The van der Waals surface area contributed by atoms with Gasteiger partial charge in [0, 0.05) is 0 Å². The standard InChI is InChI=1S/C8H5BrFN/c9-8(5-11)6-1-3-7(10)4-2-6/h1-4,8H. The molecule has 0 saturated heterocycles. The first kappa shape index (κ1) is 8.22. The summed E-state index contributed by atoms with van der Waals surface area (Å²) >= 11 is 3.13. The maximum Gasteiger partial charge on any atom is 0.126 e. The van der Waals surface area contributed by atoms with Crippen molar-refractivity contribution >= 4 is 15.9 Å². The van der Waals surface area contributed by atoms with E-state index in [0.29, 0.717) is 0 Å². The quantitative estimate of drug-likeness (QED) is 0.659. The fraction of sp³-hybridized carbons (Fsp3) is 0.125. The molecule has 0 amide bonds. The minimum Gasteiger partial charge on any atom is -0.207 e. The Labute approximate surface area is 72.6 Å². The summed E-state index contributed by atoms with van der Waals surface area (Å²) in [6.45, 7) is 0. The molecule has 0 aliphatic rings. The second kappa shape index (κ2) is 3.49. The number of nitriles is 1. The lowest BCUT2D eigenvalue weighted by Gasteiger charge is -1.98. The van der Waals surface area contributed by atoms with E-state index in [9.17, 15) is 4.39 Å². The first-order valence-corrected chi connectivity index (χ1v) is 3.95. The summed E-state index contributed by atoms with van der Waals surface area (Å²) in [6, 6.07) is 7.83. The zero-order valence-electron chi connectivity index (χ0n) is 5.59. The van der Waals surface area contributed by atoms with Crippen molar-refractivity contribution < 1.29 is 4.39 Å². The molecule has 1 atom stereocenters. The van der Waals surface area contributed by atoms with Gasteiger partial charge in [-0.1, -0.05) is 28.1 Å². The molecule has 0 aliphatic carbocycles. The van der Waals surface area contributed by atoms with Gasteiger partial charge in [-0.25, -0.2) is 4.39 Å². The van der Waals surface area contributed by atoms with Crippen molar-refractivity contribution in [2.24, 2.45) is 0 Å². The largest absolute Gasteiger partial charge is 0.207 e. The van der Waals surface area contributed by atoms with E-state index in [1.54, 1.807) is 12.1 Å². The fourth-order valence-corrected chi connectivity index (χ4v) is 1.01. The highest BCUT2D eigenvalue weighted by molar-refractivity contribution is 9.09. The average Bonchev–Trinajstić information content (AvgIpc) is 2.05. The zero-order chi connectivity index (χ0) is 8.27. The Morgan fingerprint density at radius 3 is 2.36 bits per heavy atom. The molecule has 3 heteroatoms. The van der Waals surface area contributed by atoms with Crippen molar-refractivity contribution in [3.8, 4) is 6.07 Å². The number of rotatable bonds is 1. The molecule has 0 radical (unpaired) electrons. The van der Waals surface area contributed by atoms with Gasteiger partial charge in [-0.2, -0.15) is 5.26 Å². The molecule has 1 aromatic carbocycles. The predicted octanol–water partition coefficient (Wildman–Crippen LogP) is 2.79. The van der Waals surface area contributed by atoms with Gasteiger partial charge in [0.15, 0.2) is 0 Å². The molecule has 0 N–H and O–H groups in total. The number of hydrogen-bond donors (Lipinski definition) is 0. The van der Waals surface area contributed by atoms with Gasteiger partial charge in [0.05, 0.1) is 6.07 Å². The van der Waals surface area contributed by atoms with E-state index < -0.39 is 0 Å². The summed E-state index contributed by atoms with van der Waals surface area (Å²) in [5.41, 5.74) is 0.772. The molecule has 0 aromatic heterocycles. The van der Waals surface area contributed by atoms with Crippen LogP contribution in [0.5, 0.6) is 0 Å². The first-order chi connectivity index (χ1) is 5.24. The Hall–Kier alpha value is -0.880. The van der Waals surface area contributed by atoms with Crippen LogP contribution in [0, 0.1) is 17.1 Å². The number of hydrogen-bond acceptors (Lipinski definition) is 1. The molecule has 1 unspecified atom stereocenters. The van der Waals surface area contributed by atoms with Crippen molar-refractivity contribution in [1.82, 2.24) is 0 Å². The SMILES string of the molecule is N#CC(Br)c1ccc(F)cc1. The van der Waals surface area contributed by atoms with Gasteiger partial charge >= 0.3 is 0 Å². The predicted molar refractivity (Wildman–Crippen MR) is 43.7 cm³/mol. The van der Waals surface area contributed by atoms with Crippen molar-refractivity contribution in [2.45, 2.75) is 4.83 Å². The zero-order valence-corrected chi connectivity index (χ0v) is 7.18. The van der Waals surface area contributed by atoms with E-state index in [1.165, 1.54) is 12.1 Å². The Balaban J connectivity index is 2.92. The minimum atomic E-state index is -0.344. The van der Waals surface area contributed by atoms with Gasteiger partial charge in [0.2, 0.25) is 0 Å². The highest BCUT2D eigenvalue weighted by Gasteiger charge is 2.03. The minimum absolute atomic E-state index is 0.286. The molecule has 1 aromatic rings. The normalized spacial score (nSPS) is 12.1. The molecule has 0 saturated carbocycles. The van der Waals surface area contributed by atoms with E-state index in [-0.39, 0.29) is 10.6 Å². The van der Waals surface area contributed by atoms with Crippen LogP contribution in [-0.4, -0.2) is 0 Å². The molecule has 0 heterocycles. The maximum absolute atomic E-state index is 12.4. The molecule has 56 valence electrons. The van der Waals surface area contributed by atoms with Gasteiger partial charge in [-0.3, -0.25) is 0 Å². The van der Waals surface area contributed by atoms with Crippen LogP contribution in [0.2, 0.25) is 0 Å². The third-order valence-electron chi connectivity index (χ3n) is 1.28. The molecule has 0 bridgehead atoms. The topological polar surface area (TPSA) is 23.8 Å². The second-order valence-electron chi connectivity index (χ2n) is 2.04. The van der Waals surface area contributed by atoms with Gasteiger partial charge < -0.3 is 0 Å². The fourth-order valence-electron chi connectivity index (χ4n) is 0.706. The van der Waals surface area contributed by atoms with E-state index in [1.807, 2.05) is 6.07 Å². The van der Waals surface area contributed by atoms with Crippen LogP contribution >= 0.6 is 15.9 Å². The third kappa shape index (κ3) is 2.02. The molecule has 11 heavy (non-hydrogen) atoms. The van der Waals surface area contributed by atoms with E-state index in [4.69, 9.17) is 5.26 Å². The molecular weight excluding hydrogens is 209 g/mol. The lowest BCUT2D eigenvalue weighted by atomic mass is 10.2. The van der Waals surface area contributed by atoms with Crippen molar-refractivity contribution in [3.05, 3.63) is 35.6 Å². The van der Waals surface area contributed by atoms with Gasteiger partial charge in [0.25, 0.3) is 0 Å². The summed E-state index contributed by atoms with van der Waals surface area (Å²) in [7, 11) is 0. The highest BCUT2D eigenvalue weighted by Crippen LogP contribution is 2.20. The van der Waals surface area contributed by atoms with E-state index in [0.717, 1.165) is 5.56 Å². The summed E-state index contributed by atoms with van der Waals surface area (Å²) in [5, 5.41) is 8.47. The highest BCUT2D eigenvalue weighted by atomic mass is 79.9.